The Morgan fingerprint density at radius 3 is 2.15 bits per heavy atom. The van der Waals surface area contributed by atoms with Gasteiger partial charge in [-0.1, -0.05) is 6.92 Å². The number of nitro benzene ring substituents is 2. The molecule has 9 unspecified atom stereocenters. The number of hydrogen-bond acceptors (Lipinski definition) is 15. The smallest absolute Gasteiger partial charge is 0.410 e. The summed E-state index contributed by atoms with van der Waals surface area (Å²) in [5.41, 5.74) is 1.11. The molecule has 6 rings (SSSR count). The van der Waals surface area contributed by atoms with Gasteiger partial charge in [-0.3, -0.25) is 35.1 Å². The second-order valence-corrected chi connectivity index (χ2v) is 16.2. The van der Waals surface area contributed by atoms with Gasteiger partial charge >= 0.3 is 18.0 Å². The SMILES string of the molecule is CCOC(=O)C1CSC(C2CC(SC3=C(C(=O)OCc4ccc([N+](=O)[O-])cc4)C4C(=O)C(C(C)O)C4C3C)CN2C(=O)OCc2ccc([N+](=O)[O-])cc2)N1. The Labute approximate surface area is 318 Å². The number of aliphatic hydroxyl groups excluding tert-OH is 1. The van der Waals surface area contributed by atoms with Crippen LogP contribution in [0.25, 0.3) is 0 Å². The van der Waals surface area contributed by atoms with Crippen molar-refractivity contribution in [2.24, 2.45) is 23.7 Å². The average Bonchev–Trinajstić information content (AvgIpc) is 3.86. The minimum absolute atomic E-state index is 0.0926. The Hall–Kier alpha value is -4.52. The van der Waals surface area contributed by atoms with E-state index in [9.17, 15) is 44.5 Å². The van der Waals surface area contributed by atoms with Gasteiger partial charge in [0, 0.05) is 47.7 Å². The molecule has 16 nitrogen and oxygen atoms in total. The van der Waals surface area contributed by atoms with E-state index < -0.39 is 57.9 Å². The van der Waals surface area contributed by atoms with E-state index in [4.69, 9.17) is 14.2 Å². The van der Waals surface area contributed by atoms with Crippen LogP contribution in [0.2, 0.25) is 0 Å². The van der Waals surface area contributed by atoms with Crippen LogP contribution in [0.15, 0.2) is 59.0 Å². The number of amides is 1. The fraction of sp³-hybridized carbons (Fsp3) is 0.500. The molecular formula is C36H40N4O12S2. The van der Waals surface area contributed by atoms with E-state index in [2.05, 4.69) is 5.32 Å². The summed E-state index contributed by atoms with van der Waals surface area (Å²) in [5, 5.41) is 35.3. The van der Waals surface area contributed by atoms with Crippen LogP contribution in [-0.2, 0) is 41.8 Å². The van der Waals surface area contributed by atoms with Crippen molar-refractivity contribution in [1.29, 1.82) is 0 Å². The summed E-state index contributed by atoms with van der Waals surface area (Å²) in [7, 11) is 0. The average molecular weight is 785 g/mol. The standard InChI is InChI=1S/C36H40N4O12S2/c1-4-50-34(43)25-17-53-33(37-25)26-13-24(14-38(26)36(45)52-16-21-7-11-23(12-8-21)40(48)49)54-32-18(2)27-28(19(3)41)31(42)29(27)30(32)35(44)51-15-20-5-9-22(10-6-20)39(46)47/h5-12,18-19,24-29,33,37,41H,4,13-17H2,1-3H3. The van der Waals surface area contributed by atoms with Gasteiger partial charge in [0.1, 0.15) is 25.0 Å². The molecule has 0 radical (unpaired) electrons. The highest BCUT2D eigenvalue weighted by atomic mass is 32.2. The lowest BCUT2D eigenvalue weighted by Gasteiger charge is -2.43. The second-order valence-electron chi connectivity index (χ2n) is 13.7. The predicted octanol–water partition coefficient (Wildman–Crippen LogP) is 4.37. The second kappa shape index (κ2) is 16.5. The van der Waals surface area contributed by atoms with Gasteiger partial charge in [0.15, 0.2) is 0 Å². The van der Waals surface area contributed by atoms with Gasteiger partial charge in [-0.2, -0.15) is 0 Å². The minimum Gasteiger partial charge on any atom is -0.465 e. The maximum Gasteiger partial charge on any atom is 0.410 e. The summed E-state index contributed by atoms with van der Waals surface area (Å²) in [5.74, 6) is -2.90. The number of likely N-dealkylation sites (tertiary alicyclic amines) is 1. The molecule has 18 heteroatoms. The Bertz CT molecular complexity index is 1840. The van der Waals surface area contributed by atoms with Crippen LogP contribution in [-0.4, -0.2) is 91.4 Å². The highest BCUT2D eigenvalue weighted by Gasteiger charge is 2.62. The van der Waals surface area contributed by atoms with Crippen molar-refractivity contribution in [1.82, 2.24) is 10.2 Å². The number of allylic oxidation sites excluding steroid dienone is 1. The lowest BCUT2D eigenvalue weighted by Crippen LogP contribution is -2.53. The number of aliphatic hydroxyl groups is 1. The molecule has 2 aromatic rings. The zero-order valence-electron chi connectivity index (χ0n) is 29.7. The number of esters is 2. The number of non-ortho nitro benzene ring substituents is 2. The quantitative estimate of drug-likeness (QED) is 0.125. The zero-order chi connectivity index (χ0) is 38.8. The number of fused-ring (bicyclic) bond motifs is 1. The molecule has 0 spiro atoms. The Morgan fingerprint density at radius 2 is 1.59 bits per heavy atom. The Kier molecular flexibility index (Phi) is 11.9. The Balaban J connectivity index is 1.23. The molecule has 4 aliphatic rings. The van der Waals surface area contributed by atoms with Gasteiger partial charge in [-0.05, 0) is 72.4 Å². The van der Waals surface area contributed by atoms with Gasteiger partial charge < -0.3 is 24.2 Å². The van der Waals surface area contributed by atoms with Gasteiger partial charge in [0.25, 0.3) is 11.4 Å². The summed E-state index contributed by atoms with van der Waals surface area (Å²) in [4.78, 5) is 76.8. The van der Waals surface area contributed by atoms with Crippen LogP contribution in [0.3, 0.4) is 0 Å². The molecule has 2 saturated heterocycles. The molecule has 0 aromatic heterocycles. The zero-order valence-corrected chi connectivity index (χ0v) is 31.3. The number of carbonyl (C=O) groups is 4. The van der Waals surface area contributed by atoms with Crippen LogP contribution in [0, 0.1) is 43.9 Å². The highest BCUT2D eigenvalue weighted by Crippen LogP contribution is 2.59. The van der Waals surface area contributed by atoms with E-state index in [0.29, 0.717) is 28.2 Å². The number of Topliss-reactive ketones (excluding diaryl/α,β-unsaturated/α-hetero) is 1. The van der Waals surface area contributed by atoms with Crippen molar-refractivity contribution >= 4 is 58.7 Å². The molecule has 3 fully saturated rings. The molecule has 1 amide bonds. The van der Waals surface area contributed by atoms with Crippen LogP contribution in [0.5, 0.6) is 0 Å². The number of nitro groups is 2. The van der Waals surface area contributed by atoms with Crippen molar-refractivity contribution in [3.8, 4) is 0 Å². The summed E-state index contributed by atoms with van der Waals surface area (Å²) >= 11 is 2.88. The van der Waals surface area contributed by atoms with Gasteiger partial charge in [0.2, 0.25) is 0 Å². The van der Waals surface area contributed by atoms with Crippen molar-refractivity contribution in [3.63, 3.8) is 0 Å². The first-order valence-electron chi connectivity index (χ1n) is 17.5. The number of ketones is 1. The largest absolute Gasteiger partial charge is 0.465 e. The number of thioether (sulfide) groups is 2. The fourth-order valence-corrected chi connectivity index (χ4v) is 10.7. The third kappa shape index (κ3) is 7.97. The van der Waals surface area contributed by atoms with E-state index in [0.717, 1.165) is 0 Å². The monoisotopic (exact) mass is 784 g/mol. The first-order valence-corrected chi connectivity index (χ1v) is 19.5. The topological polar surface area (TPSA) is 218 Å². The highest BCUT2D eigenvalue weighted by molar-refractivity contribution is 8.03. The molecule has 0 bridgehead atoms. The van der Waals surface area contributed by atoms with E-state index in [1.54, 1.807) is 18.7 Å². The molecular weight excluding hydrogens is 745 g/mol. The first-order chi connectivity index (χ1) is 25.8. The van der Waals surface area contributed by atoms with Crippen LogP contribution >= 0.6 is 23.5 Å². The Morgan fingerprint density at radius 1 is 1.00 bits per heavy atom. The predicted molar refractivity (Wildman–Crippen MR) is 196 cm³/mol. The molecule has 2 aliphatic carbocycles. The third-order valence-corrected chi connectivity index (χ3v) is 13.2. The normalized spacial score (nSPS) is 27.9. The number of carbonyl (C=O) groups excluding carboxylic acids is 4. The molecule has 288 valence electrons. The number of nitrogens with one attached hydrogen (secondary N) is 1. The maximum absolute atomic E-state index is 13.8. The van der Waals surface area contributed by atoms with Crippen molar-refractivity contribution in [2.75, 3.05) is 18.9 Å². The maximum atomic E-state index is 13.8. The molecule has 1 saturated carbocycles. The number of hydrogen-bond donors (Lipinski definition) is 2. The lowest BCUT2D eigenvalue weighted by molar-refractivity contribution is -0.385. The number of rotatable bonds is 13. The van der Waals surface area contributed by atoms with E-state index in [-0.39, 0.29) is 71.6 Å². The van der Waals surface area contributed by atoms with Crippen molar-refractivity contribution < 1.29 is 48.3 Å². The van der Waals surface area contributed by atoms with Gasteiger partial charge in [-0.25, -0.2) is 9.59 Å². The van der Waals surface area contributed by atoms with Gasteiger partial charge in [-0.15, -0.1) is 23.5 Å². The fourth-order valence-electron chi connectivity index (χ4n) is 7.71. The van der Waals surface area contributed by atoms with Crippen molar-refractivity contribution in [2.45, 2.75) is 69.2 Å². The van der Waals surface area contributed by atoms with E-state index in [1.807, 2.05) is 6.92 Å². The number of ether oxygens (including phenoxy) is 3. The molecule has 2 heterocycles. The molecule has 2 aromatic carbocycles. The summed E-state index contributed by atoms with van der Waals surface area (Å²) in [6.07, 6.45) is -1.09. The van der Waals surface area contributed by atoms with Crippen LogP contribution < -0.4 is 5.32 Å². The number of benzene rings is 2. The van der Waals surface area contributed by atoms with E-state index >= 15 is 0 Å². The lowest BCUT2D eigenvalue weighted by atomic mass is 9.59. The molecule has 2 aliphatic heterocycles. The first kappa shape index (κ1) is 39.2. The summed E-state index contributed by atoms with van der Waals surface area (Å²) in [6, 6.07) is 10.3. The van der Waals surface area contributed by atoms with Crippen LogP contribution in [0.4, 0.5) is 16.2 Å². The summed E-state index contributed by atoms with van der Waals surface area (Å²) in [6.45, 7) is 5.32. The third-order valence-electron chi connectivity index (χ3n) is 10.3. The number of nitrogens with zero attached hydrogens (tertiary/aromatic N) is 3. The minimum atomic E-state index is -0.919. The van der Waals surface area contributed by atoms with E-state index in [1.165, 1.54) is 72.1 Å². The van der Waals surface area contributed by atoms with Crippen LogP contribution in [0.1, 0.15) is 38.3 Å². The molecule has 9 atom stereocenters. The molecule has 54 heavy (non-hydrogen) atoms. The van der Waals surface area contributed by atoms with Gasteiger partial charge in [0.05, 0.1) is 45.5 Å². The summed E-state index contributed by atoms with van der Waals surface area (Å²) < 4.78 is 16.6. The molecule has 2 N–H and O–H groups in total. The van der Waals surface area contributed by atoms with Crippen molar-refractivity contribution in [3.05, 3.63) is 90.4 Å².